The van der Waals surface area contributed by atoms with E-state index in [0.29, 0.717) is 11.5 Å². The van der Waals surface area contributed by atoms with Crippen molar-refractivity contribution in [1.82, 2.24) is 5.06 Å². The number of hydrogen-bond donors (Lipinski definition) is 2. The van der Waals surface area contributed by atoms with Crippen LogP contribution in [0.25, 0.3) is 0 Å². The molecule has 0 rings (SSSR count). The second-order valence-electron chi connectivity index (χ2n) is 3.39. The van der Waals surface area contributed by atoms with Crippen LogP contribution in [0.3, 0.4) is 0 Å². The predicted octanol–water partition coefficient (Wildman–Crippen LogP) is 0.581. The highest BCUT2D eigenvalue weighted by Gasteiger charge is 2.20. The van der Waals surface area contributed by atoms with Gasteiger partial charge in [-0.3, -0.25) is 14.8 Å². The Hall–Kier alpha value is -1.10. The molecule has 0 aromatic rings. The minimum absolute atomic E-state index is 0.156. The molecule has 1 atom stereocenters. The van der Waals surface area contributed by atoms with Crippen LogP contribution in [0.2, 0.25) is 0 Å². The molecule has 0 spiro atoms. The lowest BCUT2D eigenvalue weighted by Gasteiger charge is -2.17. The highest BCUT2D eigenvalue weighted by atomic mass is 16.5. The Morgan fingerprint density at radius 2 is 2.08 bits per heavy atom. The third-order valence-electron chi connectivity index (χ3n) is 1.63. The number of hydroxylamine groups is 2. The maximum Gasteiger partial charge on any atom is 0.308 e. The minimum atomic E-state index is -0.991. The van der Waals surface area contributed by atoms with Gasteiger partial charge in [0.2, 0.25) is 6.41 Å². The average Bonchev–Trinajstić information content (AvgIpc) is 2.02. The maximum atomic E-state index is 10.6. The van der Waals surface area contributed by atoms with Crippen molar-refractivity contribution in [3.05, 3.63) is 0 Å². The first-order valence-corrected chi connectivity index (χ1v) is 4.11. The van der Waals surface area contributed by atoms with E-state index in [1.807, 2.05) is 13.8 Å². The number of carbonyl (C=O) groups excluding carboxylic acids is 1. The van der Waals surface area contributed by atoms with E-state index in [1.54, 1.807) is 0 Å². The van der Waals surface area contributed by atoms with E-state index < -0.39 is 11.9 Å². The summed E-state index contributed by atoms with van der Waals surface area (Å²) < 4.78 is 0. The molecule has 76 valence electrons. The van der Waals surface area contributed by atoms with Gasteiger partial charge in [-0.15, -0.1) is 0 Å². The van der Waals surface area contributed by atoms with Crippen molar-refractivity contribution in [2.45, 2.75) is 20.3 Å². The number of nitrogens with zero attached hydrogens (tertiary/aromatic N) is 1. The summed E-state index contributed by atoms with van der Waals surface area (Å²) in [7, 11) is 0. The zero-order chi connectivity index (χ0) is 10.4. The van der Waals surface area contributed by atoms with E-state index in [4.69, 9.17) is 10.3 Å². The van der Waals surface area contributed by atoms with Gasteiger partial charge >= 0.3 is 5.97 Å². The van der Waals surface area contributed by atoms with Crippen LogP contribution in [0.5, 0.6) is 0 Å². The van der Waals surface area contributed by atoms with Crippen LogP contribution in [0, 0.1) is 11.8 Å². The van der Waals surface area contributed by atoms with Gasteiger partial charge < -0.3 is 5.11 Å². The molecule has 2 N–H and O–H groups in total. The van der Waals surface area contributed by atoms with Gasteiger partial charge in [0.1, 0.15) is 0 Å². The zero-order valence-electron chi connectivity index (χ0n) is 7.80. The van der Waals surface area contributed by atoms with Crippen molar-refractivity contribution in [2.75, 3.05) is 6.54 Å². The summed E-state index contributed by atoms with van der Waals surface area (Å²) in [6, 6.07) is 0. The lowest BCUT2D eigenvalue weighted by Crippen LogP contribution is -2.30. The van der Waals surface area contributed by atoms with E-state index in [9.17, 15) is 9.59 Å². The summed E-state index contributed by atoms with van der Waals surface area (Å²) in [4.78, 5) is 20.7. The highest BCUT2D eigenvalue weighted by Crippen LogP contribution is 2.12. The van der Waals surface area contributed by atoms with Gasteiger partial charge in [0.05, 0.1) is 12.5 Å². The van der Waals surface area contributed by atoms with Gasteiger partial charge in [-0.25, -0.2) is 5.06 Å². The van der Waals surface area contributed by atoms with E-state index in [1.165, 1.54) is 0 Å². The zero-order valence-corrected chi connectivity index (χ0v) is 7.80. The van der Waals surface area contributed by atoms with Crippen LogP contribution in [0.4, 0.5) is 0 Å². The van der Waals surface area contributed by atoms with Gasteiger partial charge in [0.25, 0.3) is 0 Å². The molecular formula is C8H15NO4. The van der Waals surface area contributed by atoms with Crippen molar-refractivity contribution in [1.29, 1.82) is 0 Å². The Kier molecular flexibility index (Phi) is 5.06. The van der Waals surface area contributed by atoms with Crippen LogP contribution >= 0.6 is 0 Å². The molecule has 0 saturated heterocycles. The van der Waals surface area contributed by atoms with E-state index in [-0.39, 0.29) is 18.9 Å². The number of aliphatic carboxylic acids is 1. The Labute approximate surface area is 76.9 Å². The fourth-order valence-corrected chi connectivity index (χ4v) is 1.09. The Bertz CT molecular complexity index is 181. The summed E-state index contributed by atoms with van der Waals surface area (Å²) in [6.07, 6.45) is 0.649. The molecule has 5 nitrogen and oxygen atoms in total. The smallest absolute Gasteiger partial charge is 0.308 e. The van der Waals surface area contributed by atoms with Crippen LogP contribution in [-0.4, -0.2) is 34.3 Å². The summed E-state index contributed by atoms with van der Waals surface area (Å²) in [5.74, 6) is -1.47. The number of carbonyl (C=O) groups is 2. The second-order valence-corrected chi connectivity index (χ2v) is 3.39. The first-order valence-electron chi connectivity index (χ1n) is 4.11. The number of hydrogen-bond acceptors (Lipinski definition) is 3. The highest BCUT2D eigenvalue weighted by molar-refractivity contribution is 5.70. The molecular weight excluding hydrogens is 174 g/mol. The van der Waals surface area contributed by atoms with Gasteiger partial charge in [-0.2, -0.15) is 0 Å². The summed E-state index contributed by atoms with van der Waals surface area (Å²) >= 11 is 0. The van der Waals surface area contributed by atoms with Crippen molar-refractivity contribution >= 4 is 12.4 Å². The number of carboxylic acids is 1. The van der Waals surface area contributed by atoms with Gasteiger partial charge in [0.15, 0.2) is 0 Å². The van der Waals surface area contributed by atoms with Crippen molar-refractivity contribution in [3.63, 3.8) is 0 Å². The molecule has 0 aliphatic carbocycles. The van der Waals surface area contributed by atoms with Crippen LogP contribution in [0.15, 0.2) is 0 Å². The predicted molar refractivity (Wildman–Crippen MR) is 45.1 cm³/mol. The minimum Gasteiger partial charge on any atom is -0.481 e. The van der Waals surface area contributed by atoms with E-state index >= 15 is 0 Å². The first kappa shape index (κ1) is 11.9. The van der Waals surface area contributed by atoms with Gasteiger partial charge in [-0.1, -0.05) is 13.8 Å². The third-order valence-corrected chi connectivity index (χ3v) is 1.63. The molecule has 13 heavy (non-hydrogen) atoms. The van der Waals surface area contributed by atoms with Gasteiger partial charge in [-0.05, 0) is 12.3 Å². The van der Waals surface area contributed by atoms with Crippen LogP contribution < -0.4 is 0 Å². The van der Waals surface area contributed by atoms with Crippen molar-refractivity contribution in [2.24, 2.45) is 11.8 Å². The number of carboxylic acid groups (broad SMARTS) is 1. The normalized spacial score (nSPS) is 12.6. The molecule has 0 bridgehead atoms. The maximum absolute atomic E-state index is 10.6. The summed E-state index contributed by atoms with van der Waals surface area (Å²) in [5.41, 5.74) is 0. The molecule has 0 heterocycles. The van der Waals surface area contributed by atoms with Crippen LogP contribution in [-0.2, 0) is 9.59 Å². The molecule has 0 aromatic heterocycles. The van der Waals surface area contributed by atoms with Crippen LogP contribution in [0.1, 0.15) is 20.3 Å². The fourth-order valence-electron chi connectivity index (χ4n) is 1.09. The summed E-state index contributed by atoms with van der Waals surface area (Å²) in [6.45, 7) is 3.62. The first-order chi connectivity index (χ1) is 5.97. The fraction of sp³-hybridized carbons (Fsp3) is 0.750. The SMILES string of the molecule is CC(C)C[C@H](CN(O)C=O)C(=O)O. The second kappa shape index (κ2) is 5.53. The average molecular weight is 189 g/mol. The van der Waals surface area contributed by atoms with Crippen molar-refractivity contribution < 1.29 is 19.9 Å². The van der Waals surface area contributed by atoms with Gasteiger partial charge in [0, 0.05) is 0 Å². The van der Waals surface area contributed by atoms with E-state index in [0.717, 1.165) is 0 Å². The van der Waals surface area contributed by atoms with E-state index in [2.05, 4.69) is 0 Å². The Balaban J connectivity index is 4.09. The topological polar surface area (TPSA) is 77.8 Å². The monoisotopic (exact) mass is 189 g/mol. The third kappa shape index (κ3) is 5.19. The molecule has 0 aliphatic heterocycles. The molecule has 0 radical (unpaired) electrons. The van der Waals surface area contributed by atoms with Crippen molar-refractivity contribution in [3.8, 4) is 0 Å². The molecule has 0 aliphatic rings. The molecule has 0 fully saturated rings. The molecule has 1 amide bonds. The standard InChI is InChI=1S/C8H15NO4/c1-6(2)3-7(8(11)12)4-9(13)5-10/h5-7,13H,3-4H2,1-2H3,(H,11,12)/t7-/m1/s1. The quantitative estimate of drug-likeness (QED) is 0.364. The molecule has 0 unspecified atom stereocenters. The molecule has 5 heteroatoms. The number of rotatable bonds is 6. The lowest BCUT2D eigenvalue weighted by atomic mass is 9.97. The lowest BCUT2D eigenvalue weighted by molar-refractivity contribution is -0.159. The molecule has 0 aromatic carbocycles. The Morgan fingerprint density at radius 3 is 2.38 bits per heavy atom. The largest absolute Gasteiger partial charge is 0.481 e. The summed E-state index contributed by atoms with van der Waals surface area (Å²) in [5, 5.41) is 17.9. The molecule has 0 saturated carbocycles. The number of amides is 1. The Morgan fingerprint density at radius 1 is 1.54 bits per heavy atom.